The second kappa shape index (κ2) is 7.61. The molecule has 1 aliphatic heterocycles. The Morgan fingerprint density at radius 3 is 2.46 bits per heavy atom. The van der Waals surface area contributed by atoms with Gasteiger partial charge in [-0.3, -0.25) is 14.7 Å². The van der Waals surface area contributed by atoms with E-state index in [0.29, 0.717) is 18.3 Å². The first-order valence-electron chi connectivity index (χ1n) is 8.60. The molecule has 0 spiro atoms. The molecule has 130 valence electrons. The summed E-state index contributed by atoms with van der Waals surface area (Å²) in [6.07, 6.45) is 5.59. The van der Waals surface area contributed by atoms with Crippen molar-refractivity contribution in [2.75, 3.05) is 25.0 Å². The molecule has 1 aromatic heterocycles. The Morgan fingerprint density at radius 2 is 1.83 bits per heavy atom. The predicted octanol–water partition coefficient (Wildman–Crippen LogP) is 1.25. The lowest BCUT2D eigenvalue weighted by Gasteiger charge is -2.31. The van der Waals surface area contributed by atoms with Gasteiger partial charge in [0.05, 0.1) is 18.4 Å². The summed E-state index contributed by atoms with van der Waals surface area (Å²) in [6.45, 7) is 4.03. The number of nitrogens with one attached hydrogen (secondary N) is 3. The third-order valence-corrected chi connectivity index (χ3v) is 4.40. The van der Waals surface area contributed by atoms with Gasteiger partial charge in [0.25, 0.3) is 0 Å². The number of carbonyl (C=O) groups is 2. The van der Waals surface area contributed by atoms with Crippen LogP contribution in [0.5, 0.6) is 0 Å². The topological polar surface area (TPSA) is 86.4 Å². The van der Waals surface area contributed by atoms with E-state index < -0.39 is 0 Å². The largest absolute Gasteiger partial charge is 0.352 e. The monoisotopic (exact) mass is 331 g/mol. The first-order chi connectivity index (χ1) is 11.6. The zero-order valence-corrected chi connectivity index (χ0v) is 14.0. The van der Waals surface area contributed by atoms with Gasteiger partial charge in [-0.15, -0.1) is 0 Å². The highest BCUT2D eigenvalue weighted by Gasteiger charge is 2.26. The van der Waals surface area contributed by atoms with Gasteiger partial charge >= 0.3 is 6.03 Å². The van der Waals surface area contributed by atoms with E-state index in [1.54, 1.807) is 6.20 Å². The van der Waals surface area contributed by atoms with Crippen molar-refractivity contribution in [1.82, 2.24) is 20.5 Å². The van der Waals surface area contributed by atoms with Gasteiger partial charge in [-0.05, 0) is 44.7 Å². The first-order valence-corrected chi connectivity index (χ1v) is 8.60. The number of hydrogen-bond donors (Lipinski definition) is 3. The Balaban J connectivity index is 1.36. The number of aromatic nitrogens is 1. The van der Waals surface area contributed by atoms with Gasteiger partial charge < -0.3 is 16.0 Å². The normalized spacial score (nSPS) is 18.9. The van der Waals surface area contributed by atoms with E-state index in [1.165, 1.54) is 0 Å². The fraction of sp³-hybridized carbons (Fsp3) is 0.588. The molecule has 7 heteroatoms. The summed E-state index contributed by atoms with van der Waals surface area (Å²) in [4.78, 5) is 30.1. The number of carbonyl (C=O) groups excluding carboxylic acids is 2. The van der Waals surface area contributed by atoms with E-state index in [4.69, 9.17) is 0 Å². The summed E-state index contributed by atoms with van der Waals surface area (Å²) in [7, 11) is 0. The molecule has 1 aliphatic carbocycles. The fourth-order valence-electron chi connectivity index (χ4n) is 2.83. The first kappa shape index (κ1) is 16.7. The highest BCUT2D eigenvalue weighted by atomic mass is 16.2. The van der Waals surface area contributed by atoms with Gasteiger partial charge in [0.15, 0.2) is 0 Å². The van der Waals surface area contributed by atoms with Crippen LogP contribution in [-0.2, 0) is 4.79 Å². The fourth-order valence-corrected chi connectivity index (χ4v) is 2.83. The minimum Gasteiger partial charge on any atom is -0.352 e. The molecule has 3 N–H and O–H groups in total. The third kappa shape index (κ3) is 5.19. The molecule has 2 fully saturated rings. The van der Waals surface area contributed by atoms with Crippen molar-refractivity contribution in [2.45, 2.75) is 44.7 Å². The van der Waals surface area contributed by atoms with Crippen molar-refractivity contribution in [3.8, 4) is 0 Å². The van der Waals surface area contributed by atoms with Crippen molar-refractivity contribution < 1.29 is 9.59 Å². The molecule has 1 saturated carbocycles. The Kier molecular flexibility index (Phi) is 5.30. The van der Waals surface area contributed by atoms with Gasteiger partial charge in [-0.1, -0.05) is 0 Å². The van der Waals surface area contributed by atoms with Crippen LogP contribution in [0, 0.1) is 6.92 Å². The average Bonchev–Trinajstić information content (AvgIpc) is 3.35. The molecule has 1 saturated heterocycles. The van der Waals surface area contributed by atoms with Crippen LogP contribution in [0.1, 0.15) is 31.4 Å². The number of pyridine rings is 1. The van der Waals surface area contributed by atoms with Crippen molar-refractivity contribution in [1.29, 1.82) is 0 Å². The van der Waals surface area contributed by atoms with Gasteiger partial charge in [0.2, 0.25) is 5.91 Å². The quantitative estimate of drug-likeness (QED) is 0.758. The predicted molar refractivity (Wildman–Crippen MR) is 91.8 cm³/mol. The van der Waals surface area contributed by atoms with Gasteiger partial charge in [0, 0.05) is 30.9 Å². The second-order valence-electron chi connectivity index (χ2n) is 6.68. The van der Waals surface area contributed by atoms with Crippen LogP contribution >= 0.6 is 0 Å². The number of urea groups is 1. The molecule has 24 heavy (non-hydrogen) atoms. The lowest BCUT2D eigenvalue weighted by molar-refractivity contribution is -0.122. The number of hydrogen-bond acceptors (Lipinski definition) is 4. The molecule has 2 heterocycles. The van der Waals surface area contributed by atoms with Crippen LogP contribution in [0.4, 0.5) is 10.5 Å². The van der Waals surface area contributed by atoms with Gasteiger partial charge in [-0.2, -0.15) is 0 Å². The molecule has 0 unspecified atom stereocenters. The minimum atomic E-state index is -0.203. The highest BCUT2D eigenvalue weighted by Crippen LogP contribution is 2.18. The molecular weight excluding hydrogens is 306 g/mol. The van der Waals surface area contributed by atoms with E-state index in [2.05, 4.69) is 25.8 Å². The van der Waals surface area contributed by atoms with E-state index in [0.717, 1.165) is 44.5 Å². The molecule has 2 aliphatic rings. The minimum absolute atomic E-state index is 0.119. The Bertz CT molecular complexity index is 577. The van der Waals surface area contributed by atoms with E-state index >= 15 is 0 Å². The molecule has 0 bridgehead atoms. The Morgan fingerprint density at radius 1 is 1.12 bits per heavy atom. The summed E-state index contributed by atoms with van der Waals surface area (Å²) in [5.74, 6) is 0.119. The molecule has 0 aromatic carbocycles. The molecule has 3 amide bonds. The third-order valence-electron chi connectivity index (χ3n) is 4.40. The van der Waals surface area contributed by atoms with E-state index in [1.807, 2.05) is 19.1 Å². The van der Waals surface area contributed by atoms with Crippen LogP contribution in [0.15, 0.2) is 18.3 Å². The van der Waals surface area contributed by atoms with E-state index in [-0.39, 0.29) is 18.0 Å². The molecular formula is C17H25N5O2. The number of rotatable bonds is 5. The number of likely N-dealkylation sites (tertiary alicyclic amines) is 1. The maximum Gasteiger partial charge on any atom is 0.319 e. The number of piperidine rings is 1. The molecule has 7 nitrogen and oxygen atoms in total. The van der Waals surface area contributed by atoms with Crippen LogP contribution in [0.25, 0.3) is 0 Å². The van der Waals surface area contributed by atoms with Crippen LogP contribution in [-0.4, -0.2) is 53.5 Å². The maximum atomic E-state index is 12.0. The number of amides is 3. The molecule has 1 aromatic rings. The summed E-state index contributed by atoms with van der Waals surface area (Å²) in [5, 5.41) is 8.80. The Hall–Kier alpha value is -2.15. The summed E-state index contributed by atoms with van der Waals surface area (Å²) in [6, 6.07) is 4.05. The van der Waals surface area contributed by atoms with Gasteiger partial charge in [-0.25, -0.2) is 4.79 Å². The maximum absolute atomic E-state index is 12.0. The van der Waals surface area contributed by atoms with Crippen LogP contribution in [0.2, 0.25) is 0 Å². The highest BCUT2D eigenvalue weighted by molar-refractivity contribution is 5.89. The zero-order chi connectivity index (χ0) is 16.9. The SMILES string of the molecule is Cc1ccc(NC(=O)NC2CCN(CC(=O)NC3CC3)CC2)cn1. The molecule has 3 rings (SSSR count). The molecule has 0 atom stereocenters. The smallest absolute Gasteiger partial charge is 0.319 e. The van der Waals surface area contributed by atoms with E-state index in [9.17, 15) is 9.59 Å². The van der Waals surface area contributed by atoms with Crippen LogP contribution in [0.3, 0.4) is 0 Å². The second-order valence-corrected chi connectivity index (χ2v) is 6.68. The van der Waals surface area contributed by atoms with Crippen molar-refractivity contribution in [2.24, 2.45) is 0 Å². The van der Waals surface area contributed by atoms with Crippen molar-refractivity contribution in [3.05, 3.63) is 24.0 Å². The number of aryl methyl sites for hydroxylation is 1. The molecule has 0 radical (unpaired) electrons. The van der Waals surface area contributed by atoms with Crippen molar-refractivity contribution in [3.63, 3.8) is 0 Å². The number of anilines is 1. The summed E-state index contributed by atoms with van der Waals surface area (Å²) >= 11 is 0. The average molecular weight is 331 g/mol. The number of nitrogens with zero attached hydrogens (tertiary/aromatic N) is 2. The lowest BCUT2D eigenvalue weighted by Crippen LogP contribution is -2.48. The standard InChI is InChI=1S/C17H25N5O2/c1-12-2-3-15(10-18-12)21-17(24)20-14-6-8-22(9-7-14)11-16(23)19-13-4-5-13/h2-3,10,13-14H,4-9,11H2,1H3,(H,19,23)(H2,20,21,24). The van der Waals surface area contributed by atoms with Crippen molar-refractivity contribution >= 4 is 17.6 Å². The zero-order valence-electron chi connectivity index (χ0n) is 14.0. The lowest BCUT2D eigenvalue weighted by atomic mass is 10.1. The van der Waals surface area contributed by atoms with Crippen LogP contribution < -0.4 is 16.0 Å². The summed E-state index contributed by atoms with van der Waals surface area (Å²) in [5.41, 5.74) is 1.60. The Labute approximate surface area is 142 Å². The van der Waals surface area contributed by atoms with Gasteiger partial charge in [0.1, 0.15) is 0 Å². The summed E-state index contributed by atoms with van der Waals surface area (Å²) < 4.78 is 0.